The first kappa shape index (κ1) is 15.7. The van der Waals surface area contributed by atoms with Crippen molar-refractivity contribution in [1.29, 1.82) is 0 Å². The lowest BCUT2D eigenvalue weighted by Gasteiger charge is -2.40. The summed E-state index contributed by atoms with van der Waals surface area (Å²) < 4.78 is 4.93. The molecule has 0 unspecified atom stereocenters. The molecule has 0 bridgehead atoms. The molecular weight excluding hydrogens is 280 g/mol. The Morgan fingerprint density at radius 1 is 1.14 bits per heavy atom. The standard InChI is InChI=1S/C13H18N2O6/c16-6-8-10(17)11(18)9(12(19)21-8)15-13(20)14-7-4-2-1-3-5-7/h1-5,8-12,16-19H,6H2,(H2,14,15,20)/t8-,9+,10-,11-,12+/m1/s1. The quantitative estimate of drug-likeness (QED) is 0.407. The fraction of sp³-hybridized carbons (Fsp3) is 0.462. The average Bonchev–Trinajstić information content (AvgIpc) is 2.48. The number of carbonyl (C=O) groups excluding carboxylic acids is 1. The zero-order valence-corrected chi connectivity index (χ0v) is 11.1. The van der Waals surface area contributed by atoms with Crippen molar-refractivity contribution in [2.75, 3.05) is 11.9 Å². The number of urea groups is 1. The van der Waals surface area contributed by atoms with Crippen LogP contribution in [0.15, 0.2) is 30.3 Å². The van der Waals surface area contributed by atoms with Gasteiger partial charge in [-0.05, 0) is 12.1 Å². The molecule has 6 N–H and O–H groups in total. The normalized spacial score (nSPS) is 32.5. The SMILES string of the molecule is O=C(Nc1ccccc1)N[C@H]1[C@@H](O)[C@H](O)[C@@H](CO)O[C@@H]1O. The number of aliphatic hydroxyl groups is 4. The topological polar surface area (TPSA) is 131 Å². The van der Waals surface area contributed by atoms with E-state index in [-0.39, 0.29) is 0 Å². The van der Waals surface area contributed by atoms with Crippen molar-refractivity contribution in [1.82, 2.24) is 5.32 Å². The van der Waals surface area contributed by atoms with Gasteiger partial charge in [0.15, 0.2) is 6.29 Å². The molecule has 0 spiro atoms. The lowest BCUT2D eigenvalue weighted by molar-refractivity contribution is -0.252. The number of amides is 2. The molecule has 0 radical (unpaired) electrons. The van der Waals surface area contributed by atoms with E-state index in [1.165, 1.54) is 0 Å². The monoisotopic (exact) mass is 298 g/mol. The maximum atomic E-state index is 11.8. The van der Waals surface area contributed by atoms with Crippen LogP contribution in [0.3, 0.4) is 0 Å². The van der Waals surface area contributed by atoms with E-state index in [0.717, 1.165) is 0 Å². The highest BCUT2D eigenvalue weighted by atomic mass is 16.6. The molecule has 21 heavy (non-hydrogen) atoms. The van der Waals surface area contributed by atoms with Crippen LogP contribution in [0.2, 0.25) is 0 Å². The third-order valence-electron chi connectivity index (χ3n) is 3.23. The molecule has 1 heterocycles. The van der Waals surface area contributed by atoms with Crippen molar-refractivity contribution >= 4 is 11.7 Å². The van der Waals surface area contributed by atoms with E-state index >= 15 is 0 Å². The number of hydrogen-bond donors (Lipinski definition) is 6. The van der Waals surface area contributed by atoms with Crippen molar-refractivity contribution in [2.45, 2.75) is 30.6 Å². The van der Waals surface area contributed by atoms with Crippen molar-refractivity contribution in [3.63, 3.8) is 0 Å². The molecule has 1 aromatic carbocycles. The average molecular weight is 298 g/mol. The van der Waals surface area contributed by atoms with Crippen LogP contribution in [-0.2, 0) is 4.74 Å². The van der Waals surface area contributed by atoms with E-state index in [2.05, 4.69) is 10.6 Å². The summed E-state index contributed by atoms with van der Waals surface area (Å²) in [5, 5.41) is 43.1. The summed E-state index contributed by atoms with van der Waals surface area (Å²) in [6.07, 6.45) is -5.53. The van der Waals surface area contributed by atoms with Crippen LogP contribution in [0.25, 0.3) is 0 Å². The third kappa shape index (κ3) is 3.69. The second-order valence-corrected chi connectivity index (χ2v) is 4.72. The number of hydrogen-bond acceptors (Lipinski definition) is 6. The van der Waals surface area contributed by atoms with Crippen molar-refractivity contribution in [3.8, 4) is 0 Å². The zero-order valence-electron chi connectivity index (χ0n) is 11.1. The molecule has 1 aliphatic heterocycles. The van der Waals surface area contributed by atoms with E-state index in [4.69, 9.17) is 9.84 Å². The maximum absolute atomic E-state index is 11.8. The Morgan fingerprint density at radius 3 is 2.43 bits per heavy atom. The smallest absolute Gasteiger partial charge is 0.319 e. The molecule has 8 heteroatoms. The highest BCUT2D eigenvalue weighted by Gasteiger charge is 2.44. The van der Waals surface area contributed by atoms with Gasteiger partial charge in [-0.3, -0.25) is 0 Å². The molecule has 1 saturated heterocycles. The van der Waals surface area contributed by atoms with Gasteiger partial charge < -0.3 is 35.8 Å². The first-order chi connectivity index (χ1) is 10.0. The van der Waals surface area contributed by atoms with E-state index in [1.807, 2.05) is 0 Å². The summed E-state index contributed by atoms with van der Waals surface area (Å²) in [6.45, 7) is -0.557. The number of nitrogens with one attached hydrogen (secondary N) is 2. The van der Waals surface area contributed by atoms with Crippen molar-refractivity contribution in [3.05, 3.63) is 30.3 Å². The van der Waals surface area contributed by atoms with Crippen LogP contribution in [0.4, 0.5) is 10.5 Å². The number of para-hydroxylation sites is 1. The van der Waals surface area contributed by atoms with Gasteiger partial charge in [-0.15, -0.1) is 0 Å². The molecule has 1 fully saturated rings. The number of aliphatic hydroxyl groups excluding tert-OH is 4. The maximum Gasteiger partial charge on any atom is 0.319 e. The molecular formula is C13H18N2O6. The molecule has 5 atom stereocenters. The van der Waals surface area contributed by atoms with Gasteiger partial charge in [-0.25, -0.2) is 4.79 Å². The van der Waals surface area contributed by atoms with Gasteiger partial charge in [0.05, 0.1) is 6.61 Å². The number of benzene rings is 1. The van der Waals surface area contributed by atoms with Crippen molar-refractivity contribution in [2.24, 2.45) is 0 Å². The molecule has 8 nitrogen and oxygen atoms in total. The van der Waals surface area contributed by atoms with Gasteiger partial charge in [0.1, 0.15) is 24.4 Å². The van der Waals surface area contributed by atoms with Crippen LogP contribution in [0, 0.1) is 0 Å². The summed E-state index contributed by atoms with van der Waals surface area (Å²) in [5.74, 6) is 0. The fourth-order valence-electron chi connectivity index (χ4n) is 2.09. The Bertz CT molecular complexity index is 471. The van der Waals surface area contributed by atoms with Crippen LogP contribution >= 0.6 is 0 Å². The first-order valence-corrected chi connectivity index (χ1v) is 6.46. The van der Waals surface area contributed by atoms with Crippen LogP contribution in [0.1, 0.15) is 0 Å². The Kier molecular flexibility index (Phi) is 5.10. The second kappa shape index (κ2) is 6.83. The molecule has 2 amide bonds. The molecule has 0 saturated carbocycles. The fourth-order valence-corrected chi connectivity index (χ4v) is 2.09. The van der Waals surface area contributed by atoms with Crippen molar-refractivity contribution < 1.29 is 30.0 Å². The van der Waals surface area contributed by atoms with Gasteiger partial charge in [-0.1, -0.05) is 18.2 Å². The Labute approximate surface area is 121 Å². The van der Waals surface area contributed by atoms with Gasteiger partial charge >= 0.3 is 6.03 Å². The number of anilines is 1. The summed E-state index contributed by atoms with van der Waals surface area (Å²) >= 11 is 0. The number of ether oxygens (including phenoxy) is 1. The van der Waals surface area contributed by atoms with Gasteiger partial charge in [-0.2, -0.15) is 0 Å². The zero-order chi connectivity index (χ0) is 15.4. The first-order valence-electron chi connectivity index (χ1n) is 6.46. The second-order valence-electron chi connectivity index (χ2n) is 4.72. The summed E-state index contributed by atoms with van der Waals surface area (Å²) in [4.78, 5) is 11.8. The predicted molar refractivity (Wildman–Crippen MR) is 72.4 cm³/mol. The van der Waals surface area contributed by atoms with E-state index in [0.29, 0.717) is 5.69 Å². The minimum atomic E-state index is -1.54. The van der Waals surface area contributed by atoms with Gasteiger partial charge in [0.2, 0.25) is 0 Å². The van der Waals surface area contributed by atoms with E-state index < -0.39 is 43.3 Å². The largest absolute Gasteiger partial charge is 0.394 e. The molecule has 2 rings (SSSR count). The Hall–Kier alpha value is -1.71. The summed E-state index contributed by atoms with van der Waals surface area (Å²) in [5.41, 5.74) is 0.532. The minimum absolute atomic E-state index is 0.532. The number of rotatable bonds is 3. The predicted octanol–water partition coefficient (Wildman–Crippen LogP) is -1.39. The van der Waals surface area contributed by atoms with Crippen LogP contribution in [0.5, 0.6) is 0 Å². The van der Waals surface area contributed by atoms with Gasteiger partial charge in [0.25, 0.3) is 0 Å². The highest BCUT2D eigenvalue weighted by molar-refractivity contribution is 5.89. The van der Waals surface area contributed by atoms with E-state index in [1.54, 1.807) is 30.3 Å². The lowest BCUT2D eigenvalue weighted by atomic mass is 9.97. The molecule has 0 aliphatic carbocycles. The highest BCUT2D eigenvalue weighted by Crippen LogP contribution is 2.19. The van der Waals surface area contributed by atoms with Crippen LogP contribution in [-0.4, -0.2) is 63.7 Å². The third-order valence-corrected chi connectivity index (χ3v) is 3.23. The number of carbonyl (C=O) groups is 1. The molecule has 0 aromatic heterocycles. The lowest BCUT2D eigenvalue weighted by Crippen LogP contribution is -2.64. The molecule has 116 valence electrons. The van der Waals surface area contributed by atoms with Crippen LogP contribution < -0.4 is 10.6 Å². The van der Waals surface area contributed by atoms with E-state index in [9.17, 15) is 20.1 Å². The Balaban J connectivity index is 1.96. The van der Waals surface area contributed by atoms with Gasteiger partial charge in [0, 0.05) is 5.69 Å². The Morgan fingerprint density at radius 2 is 1.81 bits per heavy atom. The molecule has 1 aliphatic rings. The summed E-state index contributed by atoms with van der Waals surface area (Å²) in [6, 6.07) is 6.71. The molecule has 1 aromatic rings. The summed E-state index contributed by atoms with van der Waals surface area (Å²) in [7, 11) is 0. The minimum Gasteiger partial charge on any atom is -0.394 e.